The van der Waals surface area contributed by atoms with Crippen LogP contribution < -0.4 is 0 Å². The van der Waals surface area contributed by atoms with Crippen molar-refractivity contribution in [3.05, 3.63) is 29.8 Å². The predicted molar refractivity (Wildman–Crippen MR) is 57.2 cm³/mol. The highest BCUT2D eigenvalue weighted by Gasteiger charge is 2.23. The second kappa shape index (κ2) is 5.42. The maximum absolute atomic E-state index is 11.3. The van der Waals surface area contributed by atoms with Crippen molar-refractivity contribution in [3.63, 3.8) is 0 Å². The third-order valence-corrected chi connectivity index (χ3v) is 2.21. The van der Waals surface area contributed by atoms with E-state index in [1.165, 1.54) is 12.1 Å². The molecule has 0 spiro atoms. The Morgan fingerprint density at radius 1 is 1.35 bits per heavy atom. The fraction of sp³-hybridized carbons (Fsp3) is 0.273. The Hall–Kier alpha value is -1.92. The van der Waals surface area contributed by atoms with Gasteiger partial charge in [0.15, 0.2) is 0 Å². The van der Waals surface area contributed by atoms with Crippen LogP contribution in [0.25, 0.3) is 0 Å². The first-order valence-corrected chi connectivity index (χ1v) is 4.89. The highest BCUT2D eigenvalue weighted by molar-refractivity contribution is 6.35. The van der Waals surface area contributed by atoms with Crippen molar-refractivity contribution in [2.24, 2.45) is 0 Å². The summed E-state index contributed by atoms with van der Waals surface area (Å²) in [5, 5.41) is 28.0. The maximum atomic E-state index is 11.3. The number of hydrogen-bond acceptors (Lipinski definition) is 5. The topological polar surface area (TPSA) is 98.1 Å². The second-order valence-corrected chi connectivity index (χ2v) is 3.53. The van der Waals surface area contributed by atoms with Gasteiger partial charge < -0.3 is 10.2 Å². The number of ketones is 1. The number of rotatable bonds is 4. The average Bonchev–Trinajstić information content (AvgIpc) is 2.28. The number of aromatic hydroxyl groups is 1. The molecule has 1 aromatic rings. The van der Waals surface area contributed by atoms with Crippen molar-refractivity contribution in [3.8, 4) is 5.75 Å². The summed E-state index contributed by atoms with van der Waals surface area (Å²) in [5.74, 6) is -2.21. The lowest BCUT2D eigenvalue weighted by Gasteiger charge is -2.12. The first-order valence-electron chi connectivity index (χ1n) is 4.89. The van der Waals surface area contributed by atoms with E-state index in [1.807, 2.05) is 0 Å². The average molecular weight is 239 g/mol. The number of hydrogen-bond donors (Lipinski definition) is 3. The molecule has 0 saturated heterocycles. The highest BCUT2D eigenvalue weighted by atomic mass is 16.5. The quantitative estimate of drug-likeness (QED) is 0.397. The van der Waals surface area contributed by atoms with Gasteiger partial charge in [-0.2, -0.15) is 0 Å². The molecule has 1 amide bonds. The van der Waals surface area contributed by atoms with Gasteiger partial charge in [-0.15, -0.1) is 0 Å². The lowest BCUT2D eigenvalue weighted by Crippen LogP contribution is -2.31. The largest absolute Gasteiger partial charge is 0.508 e. The third-order valence-electron chi connectivity index (χ3n) is 2.21. The Labute approximate surface area is 97.7 Å². The number of hydroxylamine groups is 2. The van der Waals surface area contributed by atoms with Crippen LogP contribution >= 0.6 is 0 Å². The van der Waals surface area contributed by atoms with E-state index in [9.17, 15) is 19.8 Å². The first kappa shape index (κ1) is 13.1. The van der Waals surface area contributed by atoms with Gasteiger partial charge in [0.05, 0.1) is 6.10 Å². The van der Waals surface area contributed by atoms with Crippen molar-refractivity contribution < 1.29 is 25.0 Å². The summed E-state index contributed by atoms with van der Waals surface area (Å²) in [6.45, 7) is 0. The SMILES string of the molecule is CN(O)C(=O)C(=O)CC(O)c1ccccc1O. The van der Waals surface area contributed by atoms with E-state index in [0.29, 0.717) is 0 Å². The van der Waals surface area contributed by atoms with Gasteiger partial charge in [-0.05, 0) is 6.07 Å². The molecule has 0 aliphatic rings. The van der Waals surface area contributed by atoms with E-state index in [0.717, 1.165) is 7.05 Å². The number of phenols is 1. The summed E-state index contributed by atoms with van der Waals surface area (Å²) >= 11 is 0. The molecule has 0 bridgehead atoms. The van der Waals surface area contributed by atoms with Crippen LogP contribution in [0.3, 0.4) is 0 Å². The summed E-state index contributed by atoms with van der Waals surface area (Å²) < 4.78 is 0. The molecule has 1 atom stereocenters. The van der Waals surface area contributed by atoms with Crippen LogP contribution in [0, 0.1) is 0 Å². The first-order chi connectivity index (χ1) is 7.93. The van der Waals surface area contributed by atoms with Gasteiger partial charge >= 0.3 is 5.91 Å². The molecule has 0 radical (unpaired) electrons. The molecule has 0 heterocycles. The van der Waals surface area contributed by atoms with E-state index < -0.39 is 24.2 Å². The summed E-state index contributed by atoms with van der Waals surface area (Å²) in [7, 11) is 1.02. The van der Waals surface area contributed by atoms with Crippen LogP contribution in [0.5, 0.6) is 5.75 Å². The fourth-order valence-electron chi connectivity index (χ4n) is 1.32. The molecule has 0 fully saturated rings. The molecule has 0 saturated carbocycles. The number of para-hydroxylation sites is 1. The molecular weight excluding hydrogens is 226 g/mol. The van der Waals surface area contributed by atoms with Gasteiger partial charge in [0.25, 0.3) is 0 Å². The number of Topliss-reactive ketones (excluding diaryl/α,β-unsaturated/α-hetero) is 1. The second-order valence-electron chi connectivity index (χ2n) is 3.53. The molecule has 17 heavy (non-hydrogen) atoms. The Morgan fingerprint density at radius 2 is 1.94 bits per heavy atom. The minimum Gasteiger partial charge on any atom is -0.508 e. The molecule has 0 aliphatic heterocycles. The molecule has 1 rings (SSSR count). The van der Waals surface area contributed by atoms with Crippen LogP contribution in [0.2, 0.25) is 0 Å². The Morgan fingerprint density at radius 3 is 2.47 bits per heavy atom. The summed E-state index contributed by atoms with van der Waals surface area (Å²) in [4.78, 5) is 22.3. The maximum Gasteiger partial charge on any atom is 0.313 e. The van der Waals surface area contributed by atoms with Gasteiger partial charge in [-0.1, -0.05) is 18.2 Å². The Kier molecular flexibility index (Phi) is 4.19. The third kappa shape index (κ3) is 3.27. The van der Waals surface area contributed by atoms with Crippen molar-refractivity contribution in [2.45, 2.75) is 12.5 Å². The van der Waals surface area contributed by atoms with Gasteiger partial charge in [0.2, 0.25) is 5.78 Å². The normalized spacial score (nSPS) is 11.9. The van der Waals surface area contributed by atoms with Gasteiger partial charge in [0.1, 0.15) is 5.75 Å². The zero-order valence-electron chi connectivity index (χ0n) is 9.20. The smallest absolute Gasteiger partial charge is 0.313 e. The van der Waals surface area contributed by atoms with E-state index in [-0.39, 0.29) is 16.4 Å². The van der Waals surface area contributed by atoms with Crippen LogP contribution in [-0.2, 0) is 9.59 Å². The zero-order chi connectivity index (χ0) is 13.0. The standard InChI is InChI=1S/C11H13NO5/c1-12(17)11(16)10(15)6-9(14)7-4-2-3-5-8(7)13/h2-5,9,13-14,17H,6H2,1H3. The molecule has 92 valence electrons. The lowest BCUT2D eigenvalue weighted by molar-refractivity contribution is -0.166. The molecule has 6 heteroatoms. The van der Waals surface area contributed by atoms with E-state index in [4.69, 9.17) is 5.21 Å². The van der Waals surface area contributed by atoms with Gasteiger partial charge in [0, 0.05) is 19.0 Å². The molecule has 6 nitrogen and oxygen atoms in total. The van der Waals surface area contributed by atoms with Crippen molar-refractivity contribution in [1.82, 2.24) is 5.06 Å². The molecule has 0 aromatic heterocycles. The minimum absolute atomic E-state index is 0.153. The molecular formula is C11H13NO5. The number of benzene rings is 1. The Balaban J connectivity index is 2.74. The van der Waals surface area contributed by atoms with Crippen molar-refractivity contribution in [2.75, 3.05) is 7.05 Å². The highest BCUT2D eigenvalue weighted by Crippen LogP contribution is 2.25. The predicted octanol–water partition coefficient (Wildman–Crippen LogP) is 0.232. The lowest BCUT2D eigenvalue weighted by atomic mass is 10.0. The van der Waals surface area contributed by atoms with Crippen LogP contribution in [-0.4, -0.2) is 39.2 Å². The van der Waals surface area contributed by atoms with Crippen LogP contribution in [0.1, 0.15) is 18.1 Å². The number of carbonyl (C=O) groups is 2. The summed E-state index contributed by atoms with van der Waals surface area (Å²) in [6, 6.07) is 5.96. The fourth-order valence-corrected chi connectivity index (χ4v) is 1.32. The van der Waals surface area contributed by atoms with Crippen molar-refractivity contribution >= 4 is 11.7 Å². The summed E-state index contributed by atoms with van der Waals surface area (Å²) in [6.07, 6.45) is -1.78. The zero-order valence-corrected chi connectivity index (χ0v) is 9.20. The van der Waals surface area contributed by atoms with E-state index in [2.05, 4.69) is 0 Å². The van der Waals surface area contributed by atoms with Crippen LogP contribution in [0.4, 0.5) is 0 Å². The van der Waals surface area contributed by atoms with Gasteiger partial charge in [-0.3, -0.25) is 14.8 Å². The van der Waals surface area contributed by atoms with E-state index in [1.54, 1.807) is 12.1 Å². The van der Waals surface area contributed by atoms with Gasteiger partial charge in [-0.25, -0.2) is 5.06 Å². The number of phenolic OH excluding ortho intramolecular Hbond substituents is 1. The van der Waals surface area contributed by atoms with Crippen LogP contribution in [0.15, 0.2) is 24.3 Å². The number of aliphatic hydroxyl groups is 1. The number of aliphatic hydroxyl groups excluding tert-OH is 1. The number of carbonyl (C=O) groups excluding carboxylic acids is 2. The minimum atomic E-state index is -1.28. The van der Waals surface area contributed by atoms with Crippen molar-refractivity contribution in [1.29, 1.82) is 0 Å². The molecule has 3 N–H and O–H groups in total. The number of nitrogens with zero attached hydrogens (tertiary/aromatic N) is 1. The Bertz CT molecular complexity index is 430. The number of likely N-dealkylation sites (N-methyl/N-ethyl adjacent to an activating group) is 1. The number of amides is 1. The monoisotopic (exact) mass is 239 g/mol. The molecule has 1 aromatic carbocycles. The molecule has 0 aliphatic carbocycles. The summed E-state index contributed by atoms with van der Waals surface area (Å²) in [5.41, 5.74) is 0.161. The molecule has 1 unspecified atom stereocenters. The van der Waals surface area contributed by atoms with E-state index >= 15 is 0 Å².